The molecule has 3 aromatic rings. The summed E-state index contributed by atoms with van der Waals surface area (Å²) in [6, 6.07) is 9.21. The third-order valence-corrected chi connectivity index (χ3v) is 7.22. The van der Waals surface area contributed by atoms with Crippen LogP contribution in [-0.2, 0) is 11.3 Å². The Balaban J connectivity index is 1.63. The SMILES string of the molecule is Cc1c(Cl)cccc1N1C(=O)c2cc3occc3n2C[C@@]1(C)C(=O)NC1CCCCC1. The third-order valence-electron chi connectivity index (χ3n) is 6.81. The van der Waals surface area contributed by atoms with Crippen LogP contribution in [0.15, 0.2) is 41.0 Å². The van der Waals surface area contributed by atoms with Crippen molar-refractivity contribution in [3.63, 3.8) is 0 Å². The second kappa shape index (κ2) is 7.45. The quantitative estimate of drug-likeness (QED) is 0.619. The molecule has 31 heavy (non-hydrogen) atoms. The second-order valence-electron chi connectivity index (χ2n) is 8.89. The number of aromatic nitrogens is 1. The van der Waals surface area contributed by atoms with Crippen molar-refractivity contribution in [3.8, 4) is 0 Å². The first-order valence-electron chi connectivity index (χ1n) is 10.9. The van der Waals surface area contributed by atoms with Crippen LogP contribution in [0.4, 0.5) is 5.69 Å². The first-order chi connectivity index (χ1) is 14.9. The molecule has 1 fully saturated rings. The molecule has 1 aliphatic heterocycles. The van der Waals surface area contributed by atoms with Gasteiger partial charge in [0.2, 0.25) is 5.91 Å². The summed E-state index contributed by atoms with van der Waals surface area (Å²) < 4.78 is 7.44. The van der Waals surface area contributed by atoms with Crippen LogP contribution >= 0.6 is 11.6 Å². The largest absolute Gasteiger partial charge is 0.463 e. The number of furan rings is 1. The summed E-state index contributed by atoms with van der Waals surface area (Å²) in [5.41, 5.74) is 2.29. The standard InChI is InChI=1S/C24H26ClN3O3/c1-15-17(25)9-6-10-18(15)28-22(29)20-13-21-19(11-12-31-21)27(20)14-24(28,2)23(30)26-16-7-4-3-5-8-16/h6,9-13,16H,3-5,7-8,14H2,1-2H3,(H,26,30)/t24-/m0/s1. The number of hydrogen-bond acceptors (Lipinski definition) is 3. The van der Waals surface area contributed by atoms with Crippen molar-refractivity contribution in [1.82, 2.24) is 9.88 Å². The highest BCUT2D eigenvalue weighted by molar-refractivity contribution is 6.32. The monoisotopic (exact) mass is 439 g/mol. The van der Waals surface area contributed by atoms with Crippen molar-refractivity contribution in [2.45, 2.75) is 64.1 Å². The van der Waals surface area contributed by atoms with Crippen molar-refractivity contribution >= 4 is 40.2 Å². The average molecular weight is 440 g/mol. The van der Waals surface area contributed by atoms with Crippen LogP contribution in [0.2, 0.25) is 5.02 Å². The van der Waals surface area contributed by atoms with E-state index in [1.807, 2.05) is 36.6 Å². The van der Waals surface area contributed by atoms with Gasteiger partial charge in [0.05, 0.1) is 18.3 Å². The number of fused-ring (bicyclic) bond motifs is 3. The highest BCUT2D eigenvalue weighted by Crippen LogP contribution is 2.39. The van der Waals surface area contributed by atoms with E-state index in [9.17, 15) is 9.59 Å². The molecule has 0 bridgehead atoms. The summed E-state index contributed by atoms with van der Waals surface area (Å²) in [7, 11) is 0. The fraction of sp³-hybridized carbons (Fsp3) is 0.417. The number of rotatable bonds is 3. The molecule has 3 heterocycles. The van der Waals surface area contributed by atoms with Gasteiger partial charge < -0.3 is 14.3 Å². The molecule has 1 aliphatic carbocycles. The third kappa shape index (κ3) is 3.16. The lowest BCUT2D eigenvalue weighted by atomic mass is 9.90. The molecule has 1 N–H and O–H groups in total. The first-order valence-corrected chi connectivity index (χ1v) is 11.3. The van der Waals surface area contributed by atoms with Crippen LogP contribution in [0.1, 0.15) is 55.1 Å². The van der Waals surface area contributed by atoms with Crippen molar-refractivity contribution in [3.05, 3.63) is 52.9 Å². The van der Waals surface area contributed by atoms with E-state index in [-0.39, 0.29) is 17.9 Å². The maximum atomic E-state index is 13.8. The van der Waals surface area contributed by atoms with Crippen LogP contribution in [-0.4, -0.2) is 28.0 Å². The molecule has 2 aliphatic rings. The van der Waals surface area contributed by atoms with Gasteiger partial charge in [-0.15, -0.1) is 0 Å². The van der Waals surface area contributed by atoms with Gasteiger partial charge in [-0.3, -0.25) is 14.5 Å². The number of carbonyl (C=O) groups excluding carboxylic acids is 2. The number of hydrogen-bond donors (Lipinski definition) is 1. The molecule has 1 aromatic carbocycles. The lowest BCUT2D eigenvalue weighted by Crippen LogP contribution is -2.65. The fourth-order valence-corrected chi connectivity index (χ4v) is 5.19. The Morgan fingerprint density at radius 3 is 2.77 bits per heavy atom. The number of nitrogens with one attached hydrogen (secondary N) is 1. The summed E-state index contributed by atoms with van der Waals surface area (Å²) >= 11 is 6.40. The zero-order chi connectivity index (χ0) is 21.8. The molecular weight excluding hydrogens is 414 g/mol. The first kappa shape index (κ1) is 20.2. The van der Waals surface area contributed by atoms with E-state index in [2.05, 4.69) is 5.32 Å². The zero-order valence-corrected chi connectivity index (χ0v) is 18.5. The van der Waals surface area contributed by atoms with Crippen molar-refractivity contribution in [2.75, 3.05) is 4.90 Å². The molecule has 7 heteroatoms. The minimum atomic E-state index is -1.11. The Morgan fingerprint density at radius 1 is 1.23 bits per heavy atom. The minimum Gasteiger partial charge on any atom is -0.463 e. The van der Waals surface area contributed by atoms with E-state index in [1.54, 1.807) is 23.3 Å². The molecule has 0 saturated heterocycles. The highest BCUT2D eigenvalue weighted by atomic mass is 35.5. The summed E-state index contributed by atoms with van der Waals surface area (Å²) in [5.74, 6) is -0.368. The molecular formula is C24H26ClN3O3. The maximum absolute atomic E-state index is 13.8. The smallest absolute Gasteiger partial charge is 0.276 e. The Morgan fingerprint density at radius 2 is 2.00 bits per heavy atom. The number of benzene rings is 1. The lowest BCUT2D eigenvalue weighted by molar-refractivity contribution is -0.127. The van der Waals surface area contributed by atoms with E-state index in [0.29, 0.717) is 28.5 Å². The second-order valence-corrected chi connectivity index (χ2v) is 9.30. The van der Waals surface area contributed by atoms with Crippen molar-refractivity contribution < 1.29 is 14.0 Å². The number of amides is 2. The maximum Gasteiger partial charge on any atom is 0.276 e. The predicted molar refractivity (Wildman–Crippen MR) is 121 cm³/mol. The summed E-state index contributed by atoms with van der Waals surface area (Å²) in [6.07, 6.45) is 7.01. The molecule has 0 unspecified atom stereocenters. The molecule has 0 radical (unpaired) electrons. The van der Waals surface area contributed by atoms with E-state index >= 15 is 0 Å². The Labute approximate surface area is 186 Å². The number of halogens is 1. The number of anilines is 1. The van der Waals surface area contributed by atoms with Crippen LogP contribution in [0, 0.1) is 6.92 Å². The molecule has 2 aromatic heterocycles. The van der Waals surface area contributed by atoms with Gasteiger partial charge in [-0.25, -0.2) is 0 Å². The van der Waals surface area contributed by atoms with Crippen LogP contribution in [0.25, 0.3) is 11.1 Å². The molecule has 5 rings (SSSR count). The van der Waals surface area contributed by atoms with Crippen molar-refractivity contribution in [2.24, 2.45) is 0 Å². The molecule has 2 amide bonds. The number of carbonyl (C=O) groups is 2. The van der Waals surface area contributed by atoms with E-state index < -0.39 is 5.54 Å². The minimum absolute atomic E-state index is 0.136. The van der Waals surface area contributed by atoms with Gasteiger partial charge in [-0.05, 0) is 44.4 Å². The molecule has 6 nitrogen and oxygen atoms in total. The Hall–Kier alpha value is -2.73. The van der Waals surface area contributed by atoms with Crippen LogP contribution in [0.5, 0.6) is 0 Å². The molecule has 1 atom stereocenters. The van der Waals surface area contributed by atoms with Gasteiger partial charge >= 0.3 is 0 Å². The summed E-state index contributed by atoms with van der Waals surface area (Å²) in [6.45, 7) is 4.06. The fourth-order valence-electron chi connectivity index (χ4n) is 5.02. The van der Waals surface area contributed by atoms with E-state index in [1.165, 1.54) is 6.42 Å². The van der Waals surface area contributed by atoms with Gasteiger partial charge in [0.1, 0.15) is 11.2 Å². The normalized spacial score (nSPS) is 22.0. The van der Waals surface area contributed by atoms with Gasteiger partial charge in [0.25, 0.3) is 5.91 Å². The predicted octanol–water partition coefficient (Wildman–Crippen LogP) is 5.06. The highest BCUT2D eigenvalue weighted by Gasteiger charge is 2.49. The van der Waals surface area contributed by atoms with Crippen molar-refractivity contribution in [1.29, 1.82) is 0 Å². The van der Waals surface area contributed by atoms with Gasteiger partial charge in [0.15, 0.2) is 5.58 Å². The van der Waals surface area contributed by atoms with E-state index in [4.69, 9.17) is 16.0 Å². The summed E-state index contributed by atoms with van der Waals surface area (Å²) in [5, 5.41) is 3.81. The zero-order valence-electron chi connectivity index (χ0n) is 17.8. The Kier molecular flexibility index (Phi) is 4.85. The van der Waals surface area contributed by atoms with Gasteiger partial charge in [-0.2, -0.15) is 0 Å². The molecule has 0 spiro atoms. The summed E-state index contributed by atoms with van der Waals surface area (Å²) in [4.78, 5) is 29.2. The lowest BCUT2D eigenvalue weighted by Gasteiger charge is -2.45. The molecule has 1 saturated carbocycles. The average Bonchev–Trinajstić information content (AvgIpc) is 3.34. The van der Waals surface area contributed by atoms with Gasteiger partial charge in [0, 0.05) is 28.9 Å². The van der Waals surface area contributed by atoms with E-state index in [0.717, 1.165) is 36.8 Å². The topological polar surface area (TPSA) is 67.5 Å². The van der Waals surface area contributed by atoms with Gasteiger partial charge in [-0.1, -0.05) is 36.9 Å². The number of nitrogens with zero attached hydrogens (tertiary/aromatic N) is 2. The van der Waals surface area contributed by atoms with Crippen LogP contribution < -0.4 is 10.2 Å². The molecule has 162 valence electrons. The van der Waals surface area contributed by atoms with Crippen LogP contribution in [0.3, 0.4) is 0 Å². The Bertz CT molecular complexity index is 1170.